The third kappa shape index (κ3) is 3.29. The Morgan fingerprint density at radius 3 is 3.00 bits per heavy atom. The van der Waals surface area contributed by atoms with Gasteiger partial charge in [0.25, 0.3) is 5.91 Å². The van der Waals surface area contributed by atoms with Crippen LogP contribution >= 0.6 is 0 Å². The zero-order chi connectivity index (χ0) is 12.8. The van der Waals surface area contributed by atoms with E-state index in [1.54, 1.807) is 6.07 Å². The Balaban J connectivity index is 1.82. The van der Waals surface area contributed by atoms with Crippen molar-refractivity contribution in [1.82, 2.24) is 5.32 Å². The van der Waals surface area contributed by atoms with Gasteiger partial charge >= 0.3 is 0 Å². The third-order valence-electron chi connectivity index (χ3n) is 2.75. The number of carbonyl (C=O) groups excluding carboxylic acids is 1. The van der Waals surface area contributed by atoms with E-state index in [-0.39, 0.29) is 12.5 Å². The fourth-order valence-electron chi connectivity index (χ4n) is 1.82. The quantitative estimate of drug-likeness (QED) is 0.721. The number of rotatable bonds is 6. The molecule has 0 bridgehead atoms. The van der Waals surface area contributed by atoms with E-state index in [1.807, 2.05) is 12.1 Å². The normalized spacial score (nSPS) is 13.4. The van der Waals surface area contributed by atoms with Crippen molar-refractivity contribution in [2.45, 2.75) is 13.2 Å². The molecule has 0 aliphatic carbocycles. The predicted octanol–water partition coefficient (Wildman–Crippen LogP) is 0.455. The highest BCUT2D eigenvalue weighted by Crippen LogP contribution is 2.20. The molecule has 5 heteroatoms. The monoisotopic (exact) mass is 251 g/mol. The fourth-order valence-corrected chi connectivity index (χ4v) is 1.82. The number of ether oxygens (including phenoxy) is 2. The van der Waals surface area contributed by atoms with Gasteiger partial charge in [-0.3, -0.25) is 4.79 Å². The molecule has 1 amide bonds. The number of aliphatic hydroxyl groups is 1. The van der Waals surface area contributed by atoms with E-state index in [2.05, 4.69) is 5.32 Å². The molecule has 98 valence electrons. The van der Waals surface area contributed by atoms with Crippen LogP contribution in [0, 0.1) is 0 Å². The van der Waals surface area contributed by atoms with E-state index in [4.69, 9.17) is 14.6 Å². The summed E-state index contributed by atoms with van der Waals surface area (Å²) in [4.78, 5) is 11.8. The molecule has 0 saturated heterocycles. The summed E-state index contributed by atoms with van der Waals surface area (Å²) in [5, 5.41) is 11.3. The smallest absolute Gasteiger partial charge is 0.251 e. The summed E-state index contributed by atoms with van der Waals surface area (Å²) < 4.78 is 10.4. The lowest BCUT2D eigenvalue weighted by atomic mass is 10.1. The summed E-state index contributed by atoms with van der Waals surface area (Å²) in [7, 11) is 0. The highest BCUT2D eigenvalue weighted by atomic mass is 16.5. The molecule has 1 heterocycles. The van der Waals surface area contributed by atoms with Crippen molar-refractivity contribution < 1.29 is 19.4 Å². The maximum Gasteiger partial charge on any atom is 0.251 e. The second-order valence-electron chi connectivity index (χ2n) is 4.07. The van der Waals surface area contributed by atoms with Crippen LogP contribution < -0.4 is 5.32 Å². The topological polar surface area (TPSA) is 67.8 Å². The lowest BCUT2D eigenvalue weighted by Gasteiger charge is -2.06. The molecule has 0 radical (unpaired) electrons. The summed E-state index contributed by atoms with van der Waals surface area (Å²) >= 11 is 0. The van der Waals surface area contributed by atoms with Crippen LogP contribution in [0.15, 0.2) is 18.2 Å². The second kappa shape index (κ2) is 6.49. The van der Waals surface area contributed by atoms with Gasteiger partial charge in [-0.25, -0.2) is 0 Å². The number of carbonyl (C=O) groups is 1. The molecule has 2 rings (SSSR count). The lowest BCUT2D eigenvalue weighted by molar-refractivity contribution is 0.0838. The molecule has 0 unspecified atom stereocenters. The Kier molecular flexibility index (Phi) is 4.69. The van der Waals surface area contributed by atoms with E-state index in [0.717, 1.165) is 11.1 Å². The Labute approximate surface area is 106 Å². The van der Waals surface area contributed by atoms with Crippen LogP contribution in [0.2, 0.25) is 0 Å². The second-order valence-corrected chi connectivity index (χ2v) is 4.07. The molecule has 1 aliphatic heterocycles. The Bertz CT molecular complexity index is 419. The van der Waals surface area contributed by atoms with Crippen molar-refractivity contribution >= 4 is 5.91 Å². The molecule has 1 aliphatic rings. The number of hydrogen-bond acceptors (Lipinski definition) is 4. The minimum absolute atomic E-state index is 0.00122. The summed E-state index contributed by atoms with van der Waals surface area (Å²) in [5.41, 5.74) is 2.87. The molecule has 1 aromatic rings. The summed E-state index contributed by atoms with van der Waals surface area (Å²) in [6.07, 6.45) is 0. The molecule has 0 spiro atoms. The molecule has 0 atom stereocenters. The van der Waals surface area contributed by atoms with Gasteiger partial charge in [-0.1, -0.05) is 6.07 Å². The summed E-state index contributed by atoms with van der Waals surface area (Å²) in [6, 6.07) is 5.60. The maximum absolute atomic E-state index is 11.8. The Morgan fingerprint density at radius 1 is 1.33 bits per heavy atom. The van der Waals surface area contributed by atoms with E-state index in [9.17, 15) is 4.79 Å². The lowest BCUT2D eigenvalue weighted by Crippen LogP contribution is -2.27. The van der Waals surface area contributed by atoms with Gasteiger partial charge in [-0.15, -0.1) is 0 Å². The van der Waals surface area contributed by atoms with Crippen molar-refractivity contribution in [2.24, 2.45) is 0 Å². The molecule has 0 fully saturated rings. The number of amides is 1. The Morgan fingerprint density at radius 2 is 2.17 bits per heavy atom. The highest BCUT2D eigenvalue weighted by molar-refractivity contribution is 5.94. The van der Waals surface area contributed by atoms with Crippen molar-refractivity contribution in [1.29, 1.82) is 0 Å². The van der Waals surface area contributed by atoms with Gasteiger partial charge in [0.2, 0.25) is 0 Å². The molecule has 0 saturated carbocycles. The van der Waals surface area contributed by atoms with Crippen molar-refractivity contribution in [3.63, 3.8) is 0 Å². The van der Waals surface area contributed by atoms with Crippen LogP contribution in [0.5, 0.6) is 0 Å². The van der Waals surface area contributed by atoms with Crippen LogP contribution in [0.3, 0.4) is 0 Å². The van der Waals surface area contributed by atoms with E-state index in [0.29, 0.717) is 38.5 Å². The third-order valence-corrected chi connectivity index (χ3v) is 2.75. The zero-order valence-corrected chi connectivity index (χ0v) is 10.1. The first kappa shape index (κ1) is 13.0. The SMILES string of the molecule is O=C(NCCOCCO)c1ccc2c(c1)COC2. The summed E-state index contributed by atoms with van der Waals surface area (Å²) in [5.74, 6) is -0.114. The van der Waals surface area contributed by atoms with E-state index in [1.165, 1.54) is 0 Å². The molecule has 2 N–H and O–H groups in total. The van der Waals surface area contributed by atoms with Gasteiger partial charge in [0.05, 0.1) is 33.0 Å². The first-order chi connectivity index (χ1) is 8.81. The first-order valence-electron chi connectivity index (χ1n) is 5.97. The van der Waals surface area contributed by atoms with Crippen molar-refractivity contribution in [3.05, 3.63) is 34.9 Å². The van der Waals surface area contributed by atoms with Gasteiger partial charge in [0, 0.05) is 12.1 Å². The zero-order valence-electron chi connectivity index (χ0n) is 10.1. The minimum Gasteiger partial charge on any atom is -0.394 e. The molecular weight excluding hydrogens is 234 g/mol. The standard InChI is InChI=1S/C13H17NO4/c15-4-6-17-5-3-14-13(16)10-1-2-11-8-18-9-12(11)7-10/h1-2,7,15H,3-6,8-9H2,(H,14,16). The molecule has 1 aromatic carbocycles. The number of fused-ring (bicyclic) bond motifs is 1. The number of nitrogens with one attached hydrogen (secondary N) is 1. The van der Waals surface area contributed by atoms with E-state index >= 15 is 0 Å². The minimum atomic E-state index is -0.114. The molecule has 0 aromatic heterocycles. The predicted molar refractivity (Wildman–Crippen MR) is 65.2 cm³/mol. The summed E-state index contributed by atoms with van der Waals surface area (Å²) in [6.45, 7) is 2.35. The van der Waals surface area contributed by atoms with Gasteiger partial charge in [-0.2, -0.15) is 0 Å². The van der Waals surface area contributed by atoms with Crippen LogP contribution in [0.4, 0.5) is 0 Å². The van der Waals surface area contributed by atoms with Crippen LogP contribution in [0.1, 0.15) is 21.5 Å². The van der Waals surface area contributed by atoms with Crippen molar-refractivity contribution in [3.8, 4) is 0 Å². The molecule has 5 nitrogen and oxygen atoms in total. The van der Waals surface area contributed by atoms with Crippen LogP contribution in [-0.2, 0) is 22.7 Å². The Hall–Kier alpha value is -1.43. The molecular formula is C13H17NO4. The number of hydrogen-bond donors (Lipinski definition) is 2. The van der Waals surface area contributed by atoms with Crippen LogP contribution in [-0.4, -0.2) is 37.4 Å². The largest absolute Gasteiger partial charge is 0.394 e. The van der Waals surface area contributed by atoms with E-state index < -0.39 is 0 Å². The van der Waals surface area contributed by atoms with Gasteiger partial charge in [0.15, 0.2) is 0 Å². The average molecular weight is 251 g/mol. The fraction of sp³-hybridized carbons (Fsp3) is 0.462. The maximum atomic E-state index is 11.8. The van der Waals surface area contributed by atoms with Gasteiger partial charge < -0.3 is 19.9 Å². The molecule has 18 heavy (non-hydrogen) atoms. The highest BCUT2D eigenvalue weighted by Gasteiger charge is 2.13. The number of aliphatic hydroxyl groups excluding tert-OH is 1. The number of benzene rings is 1. The van der Waals surface area contributed by atoms with Crippen molar-refractivity contribution in [2.75, 3.05) is 26.4 Å². The van der Waals surface area contributed by atoms with Crippen LogP contribution in [0.25, 0.3) is 0 Å². The average Bonchev–Trinajstić information content (AvgIpc) is 2.85. The van der Waals surface area contributed by atoms with Gasteiger partial charge in [0.1, 0.15) is 0 Å². The van der Waals surface area contributed by atoms with Gasteiger partial charge in [-0.05, 0) is 23.3 Å². The first-order valence-corrected chi connectivity index (χ1v) is 5.97.